The van der Waals surface area contributed by atoms with Crippen LogP contribution in [0.15, 0.2) is 16.6 Å². The Balaban J connectivity index is 3.05. The maximum absolute atomic E-state index is 13.5. The molecule has 0 bridgehead atoms. The van der Waals surface area contributed by atoms with Crippen molar-refractivity contribution in [2.24, 2.45) is 0 Å². The first kappa shape index (κ1) is 19.1. The number of benzene rings is 1. The van der Waals surface area contributed by atoms with Crippen LogP contribution in [0, 0.1) is 5.82 Å². The Bertz CT molecular complexity index is 470. The highest BCUT2D eigenvalue weighted by Gasteiger charge is 2.45. The van der Waals surface area contributed by atoms with Gasteiger partial charge in [-0.05, 0) is 50.2 Å². The van der Waals surface area contributed by atoms with E-state index in [2.05, 4.69) is 57.5 Å². The Hall–Kier alpha value is 0.0969. The highest BCUT2D eigenvalue weighted by Crippen LogP contribution is 2.43. The van der Waals surface area contributed by atoms with Gasteiger partial charge in [0.1, 0.15) is 5.82 Å². The molecule has 0 aliphatic carbocycles. The quantitative estimate of drug-likeness (QED) is 0.374. The Labute approximate surface area is 142 Å². The first-order valence-corrected chi connectivity index (χ1v) is 10.7. The summed E-state index contributed by atoms with van der Waals surface area (Å²) in [5.41, 5.74) is 2.38. The second kappa shape index (κ2) is 7.58. The van der Waals surface area contributed by atoms with Crippen molar-refractivity contribution in [3.63, 3.8) is 0 Å². The van der Waals surface area contributed by atoms with E-state index in [-0.39, 0.29) is 5.82 Å². The summed E-state index contributed by atoms with van der Waals surface area (Å²) in [5.74, 6) is -0.344. The molecule has 0 unspecified atom stereocenters. The first-order chi connectivity index (χ1) is 9.62. The zero-order chi connectivity index (χ0) is 16.4. The first-order valence-electron chi connectivity index (χ1n) is 7.40. The van der Waals surface area contributed by atoms with Crippen LogP contribution >= 0.6 is 27.5 Å². The molecule has 0 N–H and O–H groups in total. The molecular formula is C16H25BrClFOSi. The van der Waals surface area contributed by atoms with Crippen molar-refractivity contribution < 1.29 is 8.82 Å². The van der Waals surface area contributed by atoms with Gasteiger partial charge in [0.15, 0.2) is 0 Å². The number of rotatable bonds is 6. The second-order valence-electron chi connectivity index (χ2n) is 6.46. The van der Waals surface area contributed by atoms with Crippen molar-refractivity contribution in [1.29, 1.82) is 0 Å². The van der Waals surface area contributed by atoms with Gasteiger partial charge in [-0.3, -0.25) is 0 Å². The summed E-state index contributed by atoms with van der Waals surface area (Å²) in [6.45, 7) is 13.9. The molecule has 21 heavy (non-hydrogen) atoms. The molecule has 5 heteroatoms. The molecule has 0 aliphatic rings. The van der Waals surface area contributed by atoms with Crippen LogP contribution < -0.4 is 0 Å². The number of halogens is 3. The maximum atomic E-state index is 13.5. The molecule has 0 saturated heterocycles. The van der Waals surface area contributed by atoms with Crippen molar-refractivity contribution >= 4 is 35.8 Å². The van der Waals surface area contributed by atoms with Gasteiger partial charge in [-0.25, -0.2) is 4.39 Å². The van der Waals surface area contributed by atoms with E-state index in [4.69, 9.17) is 16.0 Å². The molecule has 1 aromatic carbocycles. The number of hydrogen-bond donors (Lipinski definition) is 0. The lowest BCUT2D eigenvalue weighted by atomic mass is 10.2. The summed E-state index contributed by atoms with van der Waals surface area (Å²) in [5, 5.41) is 0.426. The Morgan fingerprint density at radius 2 is 1.57 bits per heavy atom. The third-order valence-electron chi connectivity index (χ3n) is 4.27. The molecule has 0 radical (unpaired) electrons. The molecule has 0 fully saturated rings. The SMILES string of the molecule is CC(C)[Si](OCc1cc(Br)c(F)cc1Cl)(C(C)C)C(C)C. The van der Waals surface area contributed by atoms with E-state index in [1.165, 1.54) is 6.07 Å². The smallest absolute Gasteiger partial charge is 0.200 e. The van der Waals surface area contributed by atoms with Crippen LogP contribution in [0.25, 0.3) is 0 Å². The van der Waals surface area contributed by atoms with E-state index in [1.54, 1.807) is 6.07 Å². The van der Waals surface area contributed by atoms with Crippen molar-refractivity contribution in [3.05, 3.63) is 33.0 Å². The van der Waals surface area contributed by atoms with Crippen LogP contribution in [0.3, 0.4) is 0 Å². The minimum Gasteiger partial charge on any atom is -0.412 e. The Morgan fingerprint density at radius 3 is 2.00 bits per heavy atom. The Morgan fingerprint density at radius 1 is 1.10 bits per heavy atom. The third kappa shape index (κ3) is 4.09. The van der Waals surface area contributed by atoms with Crippen molar-refractivity contribution in [2.45, 2.75) is 64.8 Å². The minimum atomic E-state index is -1.93. The molecule has 1 nitrogen and oxygen atoms in total. The minimum absolute atomic E-state index is 0.344. The van der Waals surface area contributed by atoms with Gasteiger partial charge in [0.25, 0.3) is 0 Å². The van der Waals surface area contributed by atoms with Crippen LogP contribution in [0.5, 0.6) is 0 Å². The molecule has 0 heterocycles. The van der Waals surface area contributed by atoms with E-state index in [1.807, 2.05) is 0 Å². The lowest BCUT2D eigenvalue weighted by molar-refractivity contribution is 0.266. The zero-order valence-electron chi connectivity index (χ0n) is 13.6. The van der Waals surface area contributed by atoms with Gasteiger partial charge in [-0.2, -0.15) is 0 Å². The van der Waals surface area contributed by atoms with Crippen LogP contribution in [-0.2, 0) is 11.0 Å². The van der Waals surface area contributed by atoms with Gasteiger partial charge in [0, 0.05) is 5.02 Å². The molecule has 0 spiro atoms. The second-order valence-corrected chi connectivity index (χ2v) is 13.2. The fraction of sp³-hybridized carbons (Fsp3) is 0.625. The normalized spacial score (nSPS) is 12.8. The summed E-state index contributed by atoms with van der Waals surface area (Å²) in [6.07, 6.45) is 0. The van der Waals surface area contributed by atoms with E-state index < -0.39 is 8.32 Å². The lowest BCUT2D eigenvalue weighted by Gasteiger charge is -2.42. The molecule has 0 amide bonds. The Kier molecular flexibility index (Phi) is 6.91. The van der Waals surface area contributed by atoms with Gasteiger partial charge >= 0.3 is 0 Å². The van der Waals surface area contributed by atoms with Crippen molar-refractivity contribution in [3.8, 4) is 0 Å². The van der Waals surface area contributed by atoms with Gasteiger partial charge in [-0.15, -0.1) is 0 Å². The van der Waals surface area contributed by atoms with E-state index in [9.17, 15) is 4.39 Å². The standard InChI is InChI=1S/C16H25BrClFOSi/c1-10(2)21(11(3)4,12(5)6)20-9-13-7-14(17)16(19)8-15(13)18/h7-8,10-12H,9H2,1-6H3. The highest BCUT2D eigenvalue weighted by atomic mass is 79.9. The molecular weight excluding hydrogens is 371 g/mol. The van der Waals surface area contributed by atoms with Crippen LogP contribution in [-0.4, -0.2) is 8.32 Å². The third-order valence-corrected chi connectivity index (χ3v) is 11.3. The molecule has 0 atom stereocenters. The molecule has 0 saturated carbocycles. The fourth-order valence-electron chi connectivity index (χ4n) is 3.38. The largest absolute Gasteiger partial charge is 0.412 e. The molecule has 0 aromatic heterocycles. The number of hydrogen-bond acceptors (Lipinski definition) is 1. The van der Waals surface area contributed by atoms with Crippen molar-refractivity contribution in [2.75, 3.05) is 0 Å². The molecule has 120 valence electrons. The molecule has 1 aromatic rings. The van der Waals surface area contributed by atoms with Crippen molar-refractivity contribution in [1.82, 2.24) is 0 Å². The average molecular weight is 396 g/mol. The molecule has 1 rings (SSSR count). The molecule has 0 aliphatic heterocycles. The predicted octanol–water partition coefficient (Wildman–Crippen LogP) is 6.93. The zero-order valence-corrected chi connectivity index (χ0v) is 17.0. The summed E-state index contributed by atoms with van der Waals surface area (Å²) in [7, 11) is -1.93. The van der Waals surface area contributed by atoms with Crippen LogP contribution in [0.2, 0.25) is 21.6 Å². The van der Waals surface area contributed by atoms with Gasteiger partial charge in [-0.1, -0.05) is 53.1 Å². The monoisotopic (exact) mass is 394 g/mol. The van der Waals surface area contributed by atoms with Gasteiger partial charge in [0.2, 0.25) is 8.32 Å². The summed E-state index contributed by atoms with van der Waals surface area (Å²) in [6, 6.07) is 3.06. The van der Waals surface area contributed by atoms with Gasteiger partial charge < -0.3 is 4.43 Å². The highest BCUT2D eigenvalue weighted by molar-refractivity contribution is 9.10. The summed E-state index contributed by atoms with van der Waals surface area (Å²) < 4.78 is 20.4. The summed E-state index contributed by atoms with van der Waals surface area (Å²) >= 11 is 9.35. The average Bonchev–Trinajstić information content (AvgIpc) is 2.34. The van der Waals surface area contributed by atoms with E-state index in [0.717, 1.165) is 5.56 Å². The van der Waals surface area contributed by atoms with E-state index in [0.29, 0.717) is 32.7 Å². The summed E-state index contributed by atoms with van der Waals surface area (Å²) in [4.78, 5) is 0. The lowest BCUT2D eigenvalue weighted by Crippen LogP contribution is -2.47. The van der Waals surface area contributed by atoms with E-state index >= 15 is 0 Å². The topological polar surface area (TPSA) is 9.23 Å². The predicted molar refractivity (Wildman–Crippen MR) is 94.9 cm³/mol. The van der Waals surface area contributed by atoms with Crippen LogP contribution in [0.1, 0.15) is 47.1 Å². The van der Waals surface area contributed by atoms with Crippen LogP contribution in [0.4, 0.5) is 4.39 Å². The maximum Gasteiger partial charge on any atom is 0.200 e. The fourth-order valence-corrected chi connectivity index (χ4v) is 9.38. The van der Waals surface area contributed by atoms with Gasteiger partial charge in [0.05, 0.1) is 11.1 Å².